The number of rotatable bonds is 5. The molecule has 2 aromatic heterocycles. The first-order chi connectivity index (χ1) is 9.19. The maximum Gasteiger partial charge on any atom is 0.271 e. The van der Waals surface area contributed by atoms with Gasteiger partial charge in [-0.05, 0) is 19.1 Å². The van der Waals surface area contributed by atoms with E-state index < -0.39 is 0 Å². The van der Waals surface area contributed by atoms with Crippen LogP contribution in [0.5, 0.6) is 0 Å². The molecular formula is C11H15N7O. The van der Waals surface area contributed by atoms with E-state index in [-0.39, 0.29) is 5.91 Å². The van der Waals surface area contributed by atoms with Crippen LogP contribution in [0.1, 0.15) is 23.2 Å². The average molecular weight is 261 g/mol. The molecule has 2 aromatic rings. The van der Waals surface area contributed by atoms with Crippen LogP contribution in [0, 0.1) is 0 Å². The molecule has 19 heavy (non-hydrogen) atoms. The summed E-state index contributed by atoms with van der Waals surface area (Å²) < 4.78 is 1.63. The van der Waals surface area contributed by atoms with Crippen molar-refractivity contribution in [1.82, 2.24) is 30.3 Å². The van der Waals surface area contributed by atoms with Gasteiger partial charge in [-0.15, -0.1) is 10.2 Å². The van der Waals surface area contributed by atoms with Crippen molar-refractivity contribution in [1.29, 1.82) is 0 Å². The van der Waals surface area contributed by atoms with Gasteiger partial charge in [0.2, 0.25) is 0 Å². The summed E-state index contributed by atoms with van der Waals surface area (Å²) in [6.45, 7) is 2.86. The van der Waals surface area contributed by atoms with E-state index in [0.717, 1.165) is 0 Å². The number of aryl methyl sites for hydroxylation is 1. The molecule has 0 bridgehead atoms. The number of hydrogen-bond acceptors (Lipinski definition) is 6. The zero-order valence-electron chi connectivity index (χ0n) is 10.8. The van der Waals surface area contributed by atoms with Crippen molar-refractivity contribution in [3.8, 4) is 0 Å². The molecule has 0 fully saturated rings. The van der Waals surface area contributed by atoms with Crippen molar-refractivity contribution >= 4 is 11.7 Å². The molecule has 8 nitrogen and oxygen atoms in total. The van der Waals surface area contributed by atoms with Crippen LogP contribution in [-0.4, -0.2) is 37.4 Å². The SMILES string of the molecule is CCNC(=O)c1ccc(NCc2ncn(C)n2)nn1. The smallest absolute Gasteiger partial charge is 0.271 e. The fourth-order valence-corrected chi connectivity index (χ4v) is 1.43. The summed E-state index contributed by atoms with van der Waals surface area (Å²) in [5.41, 5.74) is 0.295. The van der Waals surface area contributed by atoms with E-state index >= 15 is 0 Å². The third-order valence-electron chi connectivity index (χ3n) is 2.31. The number of nitrogens with one attached hydrogen (secondary N) is 2. The predicted molar refractivity (Wildman–Crippen MR) is 68.4 cm³/mol. The van der Waals surface area contributed by atoms with Crippen LogP contribution in [0.3, 0.4) is 0 Å². The largest absolute Gasteiger partial charge is 0.361 e. The van der Waals surface area contributed by atoms with Gasteiger partial charge in [0.05, 0.1) is 6.54 Å². The maximum absolute atomic E-state index is 11.5. The molecule has 0 saturated heterocycles. The van der Waals surface area contributed by atoms with E-state index in [1.165, 1.54) is 0 Å². The fourth-order valence-electron chi connectivity index (χ4n) is 1.43. The monoisotopic (exact) mass is 261 g/mol. The van der Waals surface area contributed by atoms with Crippen LogP contribution >= 0.6 is 0 Å². The molecule has 0 aromatic carbocycles. The summed E-state index contributed by atoms with van der Waals surface area (Å²) in [7, 11) is 1.80. The van der Waals surface area contributed by atoms with Gasteiger partial charge < -0.3 is 10.6 Å². The predicted octanol–water partition coefficient (Wildman–Crippen LogP) is -0.0331. The van der Waals surface area contributed by atoms with Crippen molar-refractivity contribution in [3.63, 3.8) is 0 Å². The Labute approximate surface area is 110 Å². The summed E-state index contributed by atoms with van der Waals surface area (Å²) in [4.78, 5) is 15.6. The van der Waals surface area contributed by atoms with Gasteiger partial charge in [-0.2, -0.15) is 5.10 Å². The third-order valence-corrected chi connectivity index (χ3v) is 2.31. The topological polar surface area (TPSA) is 97.6 Å². The minimum absolute atomic E-state index is 0.229. The Morgan fingerprint density at radius 3 is 2.79 bits per heavy atom. The molecule has 1 amide bonds. The van der Waals surface area contributed by atoms with Gasteiger partial charge in [-0.1, -0.05) is 0 Å². The minimum Gasteiger partial charge on any atom is -0.361 e. The number of aromatic nitrogens is 5. The fraction of sp³-hybridized carbons (Fsp3) is 0.364. The van der Waals surface area contributed by atoms with Crippen LogP contribution in [0.4, 0.5) is 5.82 Å². The number of carbonyl (C=O) groups is 1. The molecule has 0 saturated carbocycles. The van der Waals surface area contributed by atoms with Gasteiger partial charge in [0, 0.05) is 13.6 Å². The zero-order valence-corrected chi connectivity index (χ0v) is 10.8. The second-order valence-corrected chi connectivity index (χ2v) is 3.85. The molecule has 0 spiro atoms. The van der Waals surface area contributed by atoms with Crippen molar-refractivity contribution in [2.45, 2.75) is 13.5 Å². The molecule has 100 valence electrons. The standard InChI is InChI=1S/C11H15N7O/c1-3-12-11(19)8-4-5-9(16-15-8)13-6-10-14-7-18(2)17-10/h4-5,7H,3,6H2,1-2H3,(H,12,19)(H,13,16). The molecule has 0 aliphatic rings. The lowest BCUT2D eigenvalue weighted by Gasteiger charge is -2.03. The molecular weight excluding hydrogens is 246 g/mol. The number of nitrogens with zero attached hydrogens (tertiary/aromatic N) is 5. The lowest BCUT2D eigenvalue weighted by atomic mass is 10.3. The normalized spacial score (nSPS) is 10.2. The molecule has 0 atom stereocenters. The van der Waals surface area contributed by atoms with Gasteiger partial charge in [-0.3, -0.25) is 9.48 Å². The molecule has 0 unspecified atom stereocenters. The van der Waals surface area contributed by atoms with Crippen LogP contribution in [0.25, 0.3) is 0 Å². The quantitative estimate of drug-likeness (QED) is 0.784. The second kappa shape index (κ2) is 5.89. The maximum atomic E-state index is 11.5. The Hall–Kier alpha value is -2.51. The molecule has 8 heteroatoms. The van der Waals surface area contributed by atoms with Crippen LogP contribution < -0.4 is 10.6 Å². The second-order valence-electron chi connectivity index (χ2n) is 3.85. The molecule has 0 radical (unpaired) electrons. The van der Waals surface area contributed by atoms with Crippen molar-refractivity contribution < 1.29 is 4.79 Å². The van der Waals surface area contributed by atoms with Gasteiger partial charge in [-0.25, -0.2) is 4.98 Å². The lowest BCUT2D eigenvalue weighted by Crippen LogP contribution is -2.24. The van der Waals surface area contributed by atoms with E-state index in [2.05, 4.69) is 30.9 Å². The molecule has 2 heterocycles. The summed E-state index contributed by atoms with van der Waals surface area (Å²) in [5.74, 6) is 1.01. The van der Waals surface area contributed by atoms with E-state index in [1.807, 2.05) is 6.92 Å². The van der Waals surface area contributed by atoms with Crippen molar-refractivity contribution in [2.75, 3.05) is 11.9 Å². The molecule has 0 aliphatic heterocycles. The van der Waals surface area contributed by atoms with Gasteiger partial charge in [0.25, 0.3) is 5.91 Å². The first-order valence-corrected chi connectivity index (χ1v) is 5.89. The van der Waals surface area contributed by atoms with Crippen molar-refractivity contribution in [3.05, 3.63) is 30.0 Å². The zero-order chi connectivity index (χ0) is 13.7. The Kier molecular flexibility index (Phi) is 4.01. The van der Waals surface area contributed by atoms with Gasteiger partial charge in [0.15, 0.2) is 11.5 Å². The van der Waals surface area contributed by atoms with Crippen LogP contribution in [-0.2, 0) is 13.6 Å². The Morgan fingerprint density at radius 2 is 2.21 bits per heavy atom. The van der Waals surface area contributed by atoms with Gasteiger partial charge >= 0.3 is 0 Å². The summed E-state index contributed by atoms with van der Waals surface area (Å²) >= 11 is 0. The molecule has 0 aliphatic carbocycles. The lowest BCUT2D eigenvalue weighted by molar-refractivity contribution is 0.0950. The third kappa shape index (κ3) is 3.47. The van der Waals surface area contributed by atoms with E-state index in [1.54, 1.807) is 30.2 Å². The van der Waals surface area contributed by atoms with E-state index in [4.69, 9.17) is 0 Å². The number of anilines is 1. The Bertz CT molecular complexity index is 548. The summed E-state index contributed by atoms with van der Waals surface area (Å²) in [5, 5.41) is 17.6. The number of carbonyl (C=O) groups excluding carboxylic acids is 1. The molecule has 2 rings (SSSR count). The summed E-state index contributed by atoms with van der Waals surface area (Å²) in [6.07, 6.45) is 1.63. The first kappa shape index (κ1) is 12.9. The average Bonchev–Trinajstić information content (AvgIpc) is 2.83. The van der Waals surface area contributed by atoms with E-state index in [0.29, 0.717) is 30.4 Å². The van der Waals surface area contributed by atoms with Crippen LogP contribution in [0.15, 0.2) is 18.5 Å². The highest BCUT2D eigenvalue weighted by Gasteiger charge is 2.06. The minimum atomic E-state index is -0.229. The highest BCUT2D eigenvalue weighted by Crippen LogP contribution is 2.03. The number of amides is 1. The highest BCUT2D eigenvalue weighted by atomic mass is 16.1. The Morgan fingerprint density at radius 1 is 1.37 bits per heavy atom. The summed E-state index contributed by atoms with van der Waals surface area (Å²) in [6, 6.07) is 3.31. The number of hydrogen-bond donors (Lipinski definition) is 2. The highest BCUT2D eigenvalue weighted by molar-refractivity contribution is 5.92. The van der Waals surface area contributed by atoms with Crippen LogP contribution in [0.2, 0.25) is 0 Å². The Balaban J connectivity index is 1.93. The first-order valence-electron chi connectivity index (χ1n) is 5.89. The van der Waals surface area contributed by atoms with Crippen molar-refractivity contribution in [2.24, 2.45) is 7.05 Å². The van der Waals surface area contributed by atoms with Gasteiger partial charge in [0.1, 0.15) is 12.1 Å². The van der Waals surface area contributed by atoms with E-state index in [9.17, 15) is 4.79 Å². The molecule has 2 N–H and O–H groups in total.